The van der Waals surface area contributed by atoms with Crippen molar-refractivity contribution in [2.45, 2.75) is 40.5 Å². The van der Waals surface area contributed by atoms with Crippen LogP contribution in [0.5, 0.6) is 0 Å². The van der Waals surface area contributed by atoms with E-state index in [2.05, 4.69) is 44.7 Å². The summed E-state index contributed by atoms with van der Waals surface area (Å²) in [5.74, 6) is 0. The smallest absolute Gasteiger partial charge is 0.0242 e. The molecule has 0 aliphatic rings. The monoisotopic (exact) mass is 190 g/mol. The standard InChI is InChI=1S/C12H16.C2H6/c1-10(2)4-7-12-8-5-11(3)6-9-12;1-2/h5-6,8-9H,1,4,7H2,2-3H3;1-2H3. The molecule has 0 amide bonds. The molecule has 1 rings (SSSR count). The van der Waals surface area contributed by atoms with Gasteiger partial charge in [-0.1, -0.05) is 49.2 Å². The van der Waals surface area contributed by atoms with Crippen molar-refractivity contribution in [2.24, 2.45) is 0 Å². The first-order valence-corrected chi connectivity index (χ1v) is 5.38. The molecule has 0 N–H and O–H groups in total. The molecule has 1 aromatic carbocycles. The lowest BCUT2D eigenvalue weighted by Gasteiger charge is -2.00. The van der Waals surface area contributed by atoms with Gasteiger partial charge in [0.1, 0.15) is 0 Å². The second-order valence-electron chi connectivity index (χ2n) is 3.44. The average molecular weight is 190 g/mol. The van der Waals surface area contributed by atoms with E-state index in [1.54, 1.807) is 0 Å². The fourth-order valence-electron chi connectivity index (χ4n) is 1.11. The molecule has 0 atom stereocenters. The summed E-state index contributed by atoms with van der Waals surface area (Å²) >= 11 is 0. The highest BCUT2D eigenvalue weighted by molar-refractivity contribution is 5.21. The first-order chi connectivity index (χ1) is 6.68. The molecule has 78 valence electrons. The lowest BCUT2D eigenvalue weighted by molar-refractivity contribution is 0.945. The third-order valence-electron chi connectivity index (χ3n) is 1.96. The lowest BCUT2D eigenvalue weighted by atomic mass is 10.1. The highest BCUT2D eigenvalue weighted by Crippen LogP contribution is 2.08. The van der Waals surface area contributed by atoms with Crippen LogP contribution in [0.25, 0.3) is 0 Å². The third-order valence-corrected chi connectivity index (χ3v) is 1.96. The Morgan fingerprint density at radius 1 is 1.14 bits per heavy atom. The fraction of sp³-hybridized carbons (Fsp3) is 0.429. The normalized spacial score (nSPS) is 8.86. The number of aryl methyl sites for hydroxylation is 2. The summed E-state index contributed by atoms with van der Waals surface area (Å²) in [5, 5.41) is 0. The van der Waals surface area contributed by atoms with Crippen LogP contribution in [0.2, 0.25) is 0 Å². The second kappa shape index (κ2) is 7.37. The maximum absolute atomic E-state index is 3.89. The van der Waals surface area contributed by atoms with Crippen molar-refractivity contribution in [2.75, 3.05) is 0 Å². The van der Waals surface area contributed by atoms with Crippen LogP contribution in [0, 0.1) is 6.92 Å². The van der Waals surface area contributed by atoms with Crippen molar-refractivity contribution < 1.29 is 0 Å². The molecule has 1 aromatic rings. The Morgan fingerprint density at radius 2 is 1.64 bits per heavy atom. The molecule has 0 bridgehead atoms. The van der Waals surface area contributed by atoms with Gasteiger partial charge in [-0.2, -0.15) is 0 Å². The largest absolute Gasteiger partial charge is 0.100 e. The topological polar surface area (TPSA) is 0 Å². The molecular weight excluding hydrogens is 168 g/mol. The minimum Gasteiger partial charge on any atom is -0.100 e. The Bertz CT molecular complexity index is 254. The van der Waals surface area contributed by atoms with Gasteiger partial charge < -0.3 is 0 Å². The van der Waals surface area contributed by atoms with Gasteiger partial charge in [0.15, 0.2) is 0 Å². The first-order valence-electron chi connectivity index (χ1n) is 5.38. The van der Waals surface area contributed by atoms with E-state index in [1.165, 1.54) is 16.7 Å². The maximum Gasteiger partial charge on any atom is -0.0242 e. The van der Waals surface area contributed by atoms with E-state index in [9.17, 15) is 0 Å². The number of rotatable bonds is 3. The van der Waals surface area contributed by atoms with Gasteiger partial charge in [0.2, 0.25) is 0 Å². The van der Waals surface area contributed by atoms with E-state index in [1.807, 2.05) is 13.8 Å². The lowest BCUT2D eigenvalue weighted by Crippen LogP contribution is -1.85. The van der Waals surface area contributed by atoms with Crippen LogP contribution >= 0.6 is 0 Å². The molecule has 0 radical (unpaired) electrons. The molecule has 0 aromatic heterocycles. The van der Waals surface area contributed by atoms with Crippen LogP contribution in [0.3, 0.4) is 0 Å². The predicted octanol–water partition coefficient (Wildman–Crippen LogP) is 4.53. The highest BCUT2D eigenvalue weighted by atomic mass is 14.0. The molecule has 0 unspecified atom stereocenters. The maximum atomic E-state index is 3.89. The Hall–Kier alpha value is -1.04. The zero-order valence-corrected chi connectivity index (χ0v) is 9.93. The number of hydrogen-bond donors (Lipinski definition) is 0. The van der Waals surface area contributed by atoms with Crippen molar-refractivity contribution in [3.63, 3.8) is 0 Å². The summed E-state index contributed by atoms with van der Waals surface area (Å²) in [6.45, 7) is 12.1. The van der Waals surface area contributed by atoms with Crippen LogP contribution in [0.15, 0.2) is 36.4 Å². The van der Waals surface area contributed by atoms with Crippen LogP contribution in [-0.4, -0.2) is 0 Å². The van der Waals surface area contributed by atoms with E-state index in [0.29, 0.717) is 0 Å². The number of benzene rings is 1. The second-order valence-corrected chi connectivity index (χ2v) is 3.44. The molecule has 0 heteroatoms. The number of allylic oxidation sites excluding steroid dienone is 1. The number of hydrogen-bond acceptors (Lipinski definition) is 0. The quantitative estimate of drug-likeness (QED) is 0.614. The van der Waals surface area contributed by atoms with Crippen LogP contribution in [0.1, 0.15) is 38.3 Å². The van der Waals surface area contributed by atoms with Crippen LogP contribution in [-0.2, 0) is 6.42 Å². The first kappa shape index (κ1) is 13.0. The molecule has 0 spiro atoms. The van der Waals surface area contributed by atoms with Gasteiger partial charge in [-0.15, -0.1) is 6.58 Å². The Labute approximate surface area is 88.7 Å². The van der Waals surface area contributed by atoms with Gasteiger partial charge in [0.05, 0.1) is 0 Å². The zero-order chi connectivity index (χ0) is 11.0. The van der Waals surface area contributed by atoms with Gasteiger partial charge >= 0.3 is 0 Å². The molecular formula is C14H22. The van der Waals surface area contributed by atoms with Crippen molar-refractivity contribution in [3.05, 3.63) is 47.5 Å². The van der Waals surface area contributed by atoms with Gasteiger partial charge in [-0.25, -0.2) is 0 Å². The Balaban J connectivity index is 0.000000791. The molecule has 0 fully saturated rings. The zero-order valence-electron chi connectivity index (χ0n) is 9.93. The molecule has 0 nitrogen and oxygen atoms in total. The average Bonchev–Trinajstić information content (AvgIpc) is 2.20. The van der Waals surface area contributed by atoms with Gasteiger partial charge in [0, 0.05) is 0 Å². The van der Waals surface area contributed by atoms with E-state index in [-0.39, 0.29) is 0 Å². The summed E-state index contributed by atoms with van der Waals surface area (Å²) in [7, 11) is 0. The minimum atomic E-state index is 1.10. The molecule has 0 saturated carbocycles. The molecule has 0 aliphatic carbocycles. The summed E-state index contributed by atoms with van der Waals surface area (Å²) in [4.78, 5) is 0. The molecule has 0 aliphatic heterocycles. The van der Waals surface area contributed by atoms with E-state index in [4.69, 9.17) is 0 Å². The van der Waals surface area contributed by atoms with E-state index in [0.717, 1.165) is 12.8 Å². The van der Waals surface area contributed by atoms with Crippen molar-refractivity contribution >= 4 is 0 Å². The molecule has 0 saturated heterocycles. The third kappa shape index (κ3) is 5.58. The van der Waals surface area contributed by atoms with Gasteiger partial charge in [-0.3, -0.25) is 0 Å². The van der Waals surface area contributed by atoms with Crippen molar-refractivity contribution in [3.8, 4) is 0 Å². The molecule has 14 heavy (non-hydrogen) atoms. The van der Waals surface area contributed by atoms with E-state index < -0.39 is 0 Å². The summed E-state index contributed by atoms with van der Waals surface area (Å²) in [5.41, 5.74) is 3.99. The van der Waals surface area contributed by atoms with Crippen molar-refractivity contribution in [1.29, 1.82) is 0 Å². The van der Waals surface area contributed by atoms with E-state index >= 15 is 0 Å². The van der Waals surface area contributed by atoms with Crippen molar-refractivity contribution in [1.82, 2.24) is 0 Å². The SMILES string of the molecule is C=C(C)CCc1ccc(C)cc1.CC. The van der Waals surface area contributed by atoms with Gasteiger partial charge in [0.25, 0.3) is 0 Å². The minimum absolute atomic E-state index is 1.10. The summed E-state index contributed by atoms with van der Waals surface area (Å²) in [6, 6.07) is 8.71. The summed E-state index contributed by atoms with van der Waals surface area (Å²) in [6.07, 6.45) is 2.22. The predicted molar refractivity (Wildman–Crippen MR) is 65.7 cm³/mol. The summed E-state index contributed by atoms with van der Waals surface area (Å²) < 4.78 is 0. The van der Waals surface area contributed by atoms with Gasteiger partial charge in [-0.05, 0) is 32.3 Å². The molecule has 0 heterocycles. The highest BCUT2D eigenvalue weighted by Gasteiger charge is 1.92. The Kier molecular flexibility index (Phi) is 6.82. The van der Waals surface area contributed by atoms with Crippen LogP contribution in [0.4, 0.5) is 0 Å². The van der Waals surface area contributed by atoms with Crippen LogP contribution < -0.4 is 0 Å². The Morgan fingerprint density at radius 3 is 2.07 bits per heavy atom. The fourth-order valence-corrected chi connectivity index (χ4v) is 1.11.